The van der Waals surface area contributed by atoms with E-state index in [0.29, 0.717) is 11.1 Å². The van der Waals surface area contributed by atoms with Gasteiger partial charge in [-0.2, -0.15) is 0 Å². The van der Waals surface area contributed by atoms with Crippen LogP contribution in [0, 0.1) is 5.41 Å². The molecule has 3 N–H and O–H groups in total. The van der Waals surface area contributed by atoms with Gasteiger partial charge in [0.05, 0.1) is 6.20 Å². The van der Waals surface area contributed by atoms with Crippen molar-refractivity contribution < 1.29 is 10.2 Å². The number of allylic oxidation sites excluding steroid dienone is 5. The van der Waals surface area contributed by atoms with Gasteiger partial charge >= 0.3 is 0 Å². The van der Waals surface area contributed by atoms with E-state index in [0.717, 1.165) is 11.8 Å². The largest absolute Gasteiger partial charge is 0.507 e. The van der Waals surface area contributed by atoms with E-state index in [2.05, 4.69) is 4.99 Å². The van der Waals surface area contributed by atoms with Crippen LogP contribution < -0.4 is 0 Å². The summed E-state index contributed by atoms with van der Waals surface area (Å²) in [4.78, 5) is 3.92. The molecular weight excluding hydrogens is 228 g/mol. The number of rotatable bonds is 5. The van der Waals surface area contributed by atoms with Crippen LogP contribution in [-0.4, -0.2) is 22.6 Å². The molecule has 0 rings (SSSR count). The van der Waals surface area contributed by atoms with E-state index in [1.807, 2.05) is 0 Å². The third kappa shape index (κ3) is 4.82. The molecule has 0 aliphatic rings. The van der Waals surface area contributed by atoms with Gasteiger partial charge < -0.3 is 15.6 Å². The maximum absolute atomic E-state index is 9.74. The number of aliphatic imine (C=N–C) groups is 1. The maximum atomic E-state index is 9.74. The maximum Gasteiger partial charge on any atom is 0.142 e. The second-order valence-electron chi connectivity index (χ2n) is 3.77. The van der Waals surface area contributed by atoms with Gasteiger partial charge in [0.15, 0.2) is 0 Å². The van der Waals surface area contributed by atoms with Crippen molar-refractivity contribution in [2.75, 3.05) is 0 Å². The van der Waals surface area contributed by atoms with Gasteiger partial charge in [-0.05, 0) is 33.3 Å². The van der Waals surface area contributed by atoms with Crippen LogP contribution >= 0.6 is 0 Å². The molecule has 0 radical (unpaired) electrons. The van der Waals surface area contributed by atoms with Gasteiger partial charge in [0.2, 0.25) is 0 Å². The van der Waals surface area contributed by atoms with Crippen LogP contribution in [0.3, 0.4) is 0 Å². The van der Waals surface area contributed by atoms with E-state index in [9.17, 15) is 10.2 Å². The van der Waals surface area contributed by atoms with Crippen molar-refractivity contribution in [3.63, 3.8) is 0 Å². The second kappa shape index (κ2) is 8.06. The molecule has 98 valence electrons. The van der Waals surface area contributed by atoms with Gasteiger partial charge in [0.25, 0.3) is 0 Å². The highest BCUT2D eigenvalue weighted by Crippen LogP contribution is 2.10. The zero-order valence-electron chi connectivity index (χ0n) is 11.2. The van der Waals surface area contributed by atoms with Gasteiger partial charge in [-0.3, -0.25) is 4.99 Å². The Labute approximate surface area is 108 Å². The Morgan fingerprint density at radius 3 is 2.00 bits per heavy atom. The standard InChI is InChI=1S/C14H20N2O2/c1-5-11(7-15)13(17)9-16-8-12(6-2)14(18)10(3)4/h5-9,15,17-18H,1-4H3/b11-5-,12-6-,13-9+,15-7?,16-8+. The average molecular weight is 248 g/mol. The summed E-state index contributed by atoms with van der Waals surface area (Å²) >= 11 is 0. The molecule has 0 spiro atoms. The van der Waals surface area contributed by atoms with E-state index in [1.165, 1.54) is 12.4 Å². The fourth-order valence-electron chi connectivity index (χ4n) is 1.13. The van der Waals surface area contributed by atoms with Crippen LogP contribution in [0.5, 0.6) is 0 Å². The molecule has 18 heavy (non-hydrogen) atoms. The highest BCUT2D eigenvalue weighted by molar-refractivity contribution is 5.85. The first-order valence-electron chi connectivity index (χ1n) is 5.60. The number of hydrogen-bond donors (Lipinski definition) is 3. The summed E-state index contributed by atoms with van der Waals surface area (Å²) in [5.41, 5.74) is 1.76. The fourth-order valence-corrected chi connectivity index (χ4v) is 1.13. The van der Waals surface area contributed by atoms with Gasteiger partial charge in [-0.15, -0.1) is 0 Å². The van der Waals surface area contributed by atoms with Crippen molar-refractivity contribution in [3.05, 3.63) is 46.6 Å². The second-order valence-corrected chi connectivity index (χ2v) is 3.77. The van der Waals surface area contributed by atoms with Crippen LogP contribution in [0.4, 0.5) is 0 Å². The predicted molar refractivity (Wildman–Crippen MR) is 76.5 cm³/mol. The molecule has 0 aromatic rings. The van der Waals surface area contributed by atoms with Gasteiger partial charge in [0, 0.05) is 23.6 Å². The lowest BCUT2D eigenvalue weighted by Crippen LogP contribution is -1.93. The Morgan fingerprint density at radius 1 is 1.06 bits per heavy atom. The highest BCUT2D eigenvalue weighted by Gasteiger charge is 2.01. The molecule has 0 saturated carbocycles. The summed E-state index contributed by atoms with van der Waals surface area (Å²) in [6, 6.07) is 0. The highest BCUT2D eigenvalue weighted by atomic mass is 16.3. The van der Waals surface area contributed by atoms with Crippen LogP contribution in [0.15, 0.2) is 51.6 Å². The molecule has 0 bridgehead atoms. The number of aliphatic hydroxyl groups excluding tert-OH is 2. The predicted octanol–water partition coefficient (Wildman–Crippen LogP) is 3.85. The van der Waals surface area contributed by atoms with Crippen molar-refractivity contribution in [1.29, 1.82) is 5.41 Å². The lowest BCUT2D eigenvalue weighted by molar-refractivity contribution is 0.421. The minimum Gasteiger partial charge on any atom is -0.507 e. The Hall–Kier alpha value is -2.10. The smallest absolute Gasteiger partial charge is 0.142 e. The average Bonchev–Trinajstić information content (AvgIpc) is 2.35. The molecule has 0 saturated heterocycles. The zero-order chi connectivity index (χ0) is 14.1. The number of nitrogens with zero attached hydrogens (tertiary/aromatic N) is 1. The molecule has 0 aromatic heterocycles. The van der Waals surface area contributed by atoms with Crippen molar-refractivity contribution in [1.82, 2.24) is 0 Å². The number of nitrogens with one attached hydrogen (secondary N) is 1. The third-order valence-corrected chi connectivity index (χ3v) is 2.23. The van der Waals surface area contributed by atoms with Gasteiger partial charge in [0.1, 0.15) is 11.5 Å². The molecule has 0 aliphatic heterocycles. The Morgan fingerprint density at radius 2 is 1.61 bits per heavy atom. The molecular formula is C14H20N2O2. The number of hydrogen-bond acceptors (Lipinski definition) is 4. The zero-order valence-corrected chi connectivity index (χ0v) is 11.2. The van der Waals surface area contributed by atoms with Crippen molar-refractivity contribution in [2.45, 2.75) is 27.7 Å². The van der Waals surface area contributed by atoms with Crippen LogP contribution in [0.1, 0.15) is 27.7 Å². The summed E-state index contributed by atoms with van der Waals surface area (Å²) in [6.07, 6.45) is 7.08. The van der Waals surface area contributed by atoms with Crippen molar-refractivity contribution in [2.24, 2.45) is 4.99 Å². The molecule has 0 unspecified atom stereocenters. The summed E-state index contributed by atoms with van der Waals surface area (Å²) in [5.74, 6) is 0.0864. The van der Waals surface area contributed by atoms with Gasteiger partial charge in [-0.25, -0.2) is 0 Å². The summed E-state index contributed by atoms with van der Waals surface area (Å²) in [7, 11) is 0. The van der Waals surface area contributed by atoms with Gasteiger partial charge in [-0.1, -0.05) is 12.2 Å². The van der Waals surface area contributed by atoms with E-state index in [-0.39, 0.29) is 11.5 Å². The summed E-state index contributed by atoms with van der Waals surface area (Å²) in [6.45, 7) is 7.11. The van der Waals surface area contributed by atoms with Crippen LogP contribution in [0.25, 0.3) is 0 Å². The van der Waals surface area contributed by atoms with Crippen molar-refractivity contribution in [3.8, 4) is 0 Å². The van der Waals surface area contributed by atoms with E-state index >= 15 is 0 Å². The topological polar surface area (TPSA) is 76.7 Å². The van der Waals surface area contributed by atoms with E-state index < -0.39 is 0 Å². The molecule has 0 amide bonds. The molecule has 0 aliphatic carbocycles. The Kier molecular flexibility index (Phi) is 7.12. The molecule has 0 fully saturated rings. The van der Waals surface area contributed by atoms with E-state index in [1.54, 1.807) is 39.8 Å². The summed E-state index contributed by atoms with van der Waals surface area (Å²) in [5, 5.41) is 26.4. The summed E-state index contributed by atoms with van der Waals surface area (Å²) < 4.78 is 0. The lowest BCUT2D eigenvalue weighted by atomic mass is 10.1. The fraction of sp³-hybridized carbons (Fsp3) is 0.286. The quantitative estimate of drug-likeness (QED) is 0.392. The van der Waals surface area contributed by atoms with Crippen LogP contribution in [0.2, 0.25) is 0 Å². The minimum absolute atomic E-state index is 0.0871. The minimum atomic E-state index is -0.0871. The SMILES string of the molecule is C/C=C(/C=N/C=C(O)\C(C=N)=C/C)C(O)=C(C)C. The normalized spacial score (nSPS) is 13.9. The third-order valence-electron chi connectivity index (χ3n) is 2.23. The monoisotopic (exact) mass is 248 g/mol. The lowest BCUT2D eigenvalue weighted by Gasteiger charge is -2.01. The van der Waals surface area contributed by atoms with E-state index in [4.69, 9.17) is 5.41 Å². The molecule has 0 atom stereocenters. The van der Waals surface area contributed by atoms with Crippen molar-refractivity contribution >= 4 is 12.4 Å². The molecule has 4 heteroatoms. The Bertz CT molecular complexity index is 448. The molecule has 0 heterocycles. The first-order chi connectivity index (χ1) is 8.47. The number of aliphatic hydroxyl groups is 2. The first kappa shape index (κ1) is 15.9. The first-order valence-corrected chi connectivity index (χ1v) is 5.60. The molecule has 4 nitrogen and oxygen atoms in total. The van der Waals surface area contributed by atoms with Crippen LogP contribution in [-0.2, 0) is 0 Å². The Balaban J connectivity index is 5.03. The molecule has 0 aromatic carbocycles.